The topological polar surface area (TPSA) is 102 Å². The fourth-order valence-electron chi connectivity index (χ4n) is 11.5. The Kier molecular flexibility index (Phi) is 15.9. The van der Waals surface area contributed by atoms with Crippen LogP contribution in [0, 0.1) is 34.5 Å². The average Bonchev–Trinajstić information content (AvgIpc) is 2.42. The highest BCUT2D eigenvalue weighted by Gasteiger charge is 2.37. The van der Waals surface area contributed by atoms with E-state index in [2.05, 4.69) is 170 Å². The normalized spacial score (nSPS) is 12.7. The maximum atomic E-state index is 12.4. The number of hydrogen-bond acceptors (Lipinski definition) is 6. The number of benzene rings is 8. The molecule has 0 bridgehead atoms. The highest BCUT2D eigenvalue weighted by molar-refractivity contribution is 6.85. The molecule has 0 aliphatic heterocycles. The second-order valence-electron chi connectivity index (χ2n) is 21.8. The summed E-state index contributed by atoms with van der Waals surface area (Å²) in [5.74, 6) is 2.20. The van der Waals surface area contributed by atoms with E-state index in [1.165, 1.54) is 0 Å². The molecule has 2 unspecified atom stereocenters. The molecule has 0 spiro atoms. The first kappa shape index (κ1) is 54.4. The SMILES string of the molecule is CCC(C)COc1ccc(-c2c3/c(=C(\C#N)c4ccc5ccccc5n4)n(B(c4ccccc4)c4ccccc4)c(-c4ccc(OCC(C)CC)cc4)c3/c(=C(\C#N)c3ccc4ccccc4n3)n2B(c2ccccc2)c2ccccc2)cc1. The third-order valence-electron chi connectivity index (χ3n) is 16.3. The van der Waals surface area contributed by atoms with Crippen LogP contribution in [0.1, 0.15) is 51.9 Å². The molecule has 4 heterocycles. The minimum Gasteiger partial charge on any atom is -0.493 e. The molecule has 12 aromatic rings. The van der Waals surface area contributed by atoms with E-state index in [1.807, 2.05) is 121 Å². The Morgan fingerprint density at radius 3 is 1.06 bits per heavy atom. The van der Waals surface area contributed by atoms with Gasteiger partial charge in [-0.25, -0.2) is 9.97 Å². The standard InChI is InChI=1S/C74H62B2N6O2/c1-5-51(3)49-83-61-41-35-55(36-42-61)71-69-70(74(64(48-78)68-46-40-54-24-20-22-34-66(54)80-68)81(71)75(57-25-11-7-12-26-57)58-27-13-8-14-28-58)72(56-37-43-62(44-38-56)84-50-52(4)6-2)82(76(59-29-15-9-16-30-59)60-31-17-10-18-32-60)73(69)63(47-77)67-45-39-53-23-19-21-33-65(53)79-67/h7-46,51-52H,5-6,49-50H2,1-4H3/b73-63-,74-64-. The fourth-order valence-corrected chi connectivity index (χ4v) is 11.5. The second kappa shape index (κ2) is 24.5. The summed E-state index contributed by atoms with van der Waals surface area (Å²) in [6.45, 7) is 8.82. The summed E-state index contributed by atoms with van der Waals surface area (Å²) in [4.78, 5) is 10.7. The van der Waals surface area contributed by atoms with Crippen LogP contribution in [0.4, 0.5) is 0 Å². The van der Waals surface area contributed by atoms with E-state index in [1.54, 1.807) is 0 Å². The lowest BCUT2D eigenvalue weighted by Crippen LogP contribution is -2.54. The minimum absolute atomic E-state index is 0.359. The number of ether oxygens (including phenoxy) is 2. The summed E-state index contributed by atoms with van der Waals surface area (Å²) in [5, 5.41) is 29.5. The zero-order chi connectivity index (χ0) is 57.5. The molecule has 0 N–H and O–H groups in total. The maximum Gasteiger partial charge on any atom is 0.328 e. The lowest BCUT2D eigenvalue weighted by Gasteiger charge is -2.24. The van der Waals surface area contributed by atoms with Crippen molar-refractivity contribution in [3.63, 3.8) is 0 Å². The van der Waals surface area contributed by atoms with Crippen LogP contribution >= 0.6 is 0 Å². The van der Waals surface area contributed by atoms with Crippen LogP contribution < -0.4 is 42.0 Å². The number of rotatable bonds is 18. The van der Waals surface area contributed by atoms with Crippen LogP contribution in [0.2, 0.25) is 0 Å². The Bertz CT molecular complexity index is 4150. The Hall–Kier alpha value is -10.2. The van der Waals surface area contributed by atoms with Gasteiger partial charge in [0.2, 0.25) is 0 Å². The molecule has 10 heteroatoms. The molecule has 0 saturated carbocycles. The van der Waals surface area contributed by atoms with Gasteiger partial charge in [-0.2, -0.15) is 10.5 Å². The molecule has 2 atom stereocenters. The molecule has 0 saturated heterocycles. The number of hydrogen-bond donors (Lipinski definition) is 0. The van der Waals surface area contributed by atoms with Crippen molar-refractivity contribution in [2.75, 3.05) is 13.2 Å². The summed E-state index contributed by atoms with van der Waals surface area (Å²) in [6.07, 6.45) is 1.98. The summed E-state index contributed by atoms with van der Waals surface area (Å²) in [6, 6.07) is 88.5. The third kappa shape index (κ3) is 10.7. The molecule has 84 heavy (non-hydrogen) atoms. The van der Waals surface area contributed by atoms with Gasteiger partial charge in [0.15, 0.2) is 0 Å². The van der Waals surface area contributed by atoms with Gasteiger partial charge in [0.05, 0.1) is 46.3 Å². The van der Waals surface area contributed by atoms with Gasteiger partial charge >= 0.3 is 13.7 Å². The average molecular weight is 1090 g/mol. The van der Waals surface area contributed by atoms with Gasteiger partial charge in [0.25, 0.3) is 0 Å². The van der Waals surface area contributed by atoms with Crippen molar-refractivity contribution in [3.8, 4) is 46.2 Å². The van der Waals surface area contributed by atoms with E-state index in [-0.39, 0.29) is 0 Å². The van der Waals surface area contributed by atoms with E-state index in [4.69, 9.17) is 19.4 Å². The number of para-hydroxylation sites is 2. The first-order valence-corrected chi connectivity index (χ1v) is 29.1. The number of nitrogens with zero attached hydrogens (tertiary/aromatic N) is 6. The van der Waals surface area contributed by atoms with Gasteiger partial charge in [0, 0.05) is 32.9 Å². The van der Waals surface area contributed by atoms with Crippen LogP contribution in [0.5, 0.6) is 11.5 Å². The molecule has 0 aliphatic rings. The van der Waals surface area contributed by atoms with Crippen LogP contribution in [0.3, 0.4) is 0 Å². The molecule has 0 fully saturated rings. The van der Waals surface area contributed by atoms with E-state index in [0.717, 1.165) is 101 Å². The summed E-state index contributed by atoms with van der Waals surface area (Å²) in [7, 11) is 0. The van der Waals surface area contributed by atoms with E-state index in [0.29, 0.717) is 58.3 Å². The molecular formula is C74H62B2N6O2. The maximum absolute atomic E-state index is 12.4. The van der Waals surface area contributed by atoms with Gasteiger partial charge in [-0.15, -0.1) is 0 Å². The van der Waals surface area contributed by atoms with Gasteiger partial charge < -0.3 is 18.4 Å². The van der Waals surface area contributed by atoms with E-state index < -0.39 is 13.7 Å². The lowest BCUT2D eigenvalue weighted by molar-refractivity contribution is 0.256. The fraction of sp³-hybridized carbons (Fsp3) is 0.135. The van der Waals surface area contributed by atoms with E-state index >= 15 is 0 Å². The van der Waals surface area contributed by atoms with Crippen LogP contribution in [0.15, 0.2) is 243 Å². The Morgan fingerprint density at radius 2 is 0.738 bits per heavy atom. The largest absolute Gasteiger partial charge is 0.493 e. The predicted octanol–water partition coefficient (Wildman–Crippen LogP) is 12.5. The molecule has 0 amide bonds. The number of nitriles is 2. The predicted molar refractivity (Wildman–Crippen MR) is 346 cm³/mol. The highest BCUT2D eigenvalue weighted by atomic mass is 16.5. The Labute approximate surface area is 492 Å². The van der Waals surface area contributed by atoms with Gasteiger partial charge in [-0.05, 0) is 95.8 Å². The van der Waals surface area contributed by atoms with Crippen molar-refractivity contribution >= 4 is 79.3 Å². The smallest absolute Gasteiger partial charge is 0.328 e. The van der Waals surface area contributed by atoms with Crippen molar-refractivity contribution < 1.29 is 9.47 Å². The number of aromatic nitrogens is 4. The van der Waals surface area contributed by atoms with Crippen molar-refractivity contribution in [3.05, 3.63) is 265 Å². The van der Waals surface area contributed by atoms with Crippen molar-refractivity contribution in [2.45, 2.75) is 40.5 Å². The van der Waals surface area contributed by atoms with Crippen LogP contribution in [-0.4, -0.2) is 45.8 Å². The zero-order valence-electron chi connectivity index (χ0n) is 47.7. The van der Waals surface area contributed by atoms with Gasteiger partial charge in [0.1, 0.15) is 34.8 Å². The number of pyridine rings is 2. The summed E-state index contributed by atoms with van der Waals surface area (Å²) < 4.78 is 17.7. The van der Waals surface area contributed by atoms with E-state index in [9.17, 15) is 10.5 Å². The third-order valence-corrected chi connectivity index (χ3v) is 16.3. The number of fused-ring (bicyclic) bond motifs is 3. The molecule has 8 aromatic carbocycles. The Balaban J connectivity index is 1.39. The highest BCUT2D eigenvalue weighted by Crippen LogP contribution is 2.38. The first-order chi connectivity index (χ1) is 41.3. The molecule has 4 aromatic heterocycles. The summed E-state index contributed by atoms with van der Waals surface area (Å²) >= 11 is 0. The quantitative estimate of drug-likeness (QED) is 0.0793. The first-order valence-electron chi connectivity index (χ1n) is 29.1. The molecule has 8 nitrogen and oxygen atoms in total. The van der Waals surface area contributed by atoms with Crippen molar-refractivity contribution in [2.24, 2.45) is 11.8 Å². The van der Waals surface area contributed by atoms with Gasteiger partial charge in [-0.1, -0.05) is 232 Å². The molecule has 12 rings (SSSR count). The molecular weight excluding hydrogens is 1030 g/mol. The Morgan fingerprint density at radius 1 is 0.417 bits per heavy atom. The molecule has 0 aliphatic carbocycles. The monoisotopic (exact) mass is 1090 g/mol. The summed E-state index contributed by atoms with van der Waals surface area (Å²) in [5.41, 5.74) is 10.5. The second-order valence-corrected chi connectivity index (χ2v) is 21.8. The minimum atomic E-state index is -0.538. The van der Waals surface area contributed by atoms with Gasteiger partial charge in [-0.3, -0.25) is 0 Å². The van der Waals surface area contributed by atoms with Crippen molar-refractivity contribution in [1.29, 1.82) is 10.5 Å². The molecule has 406 valence electrons. The van der Waals surface area contributed by atoms with Crippen molar-refractivity contribution in [1.82, 2.24) is 18.9 Å². The van der Waals surface area contributed by atoms with Crippen LogP contribution in [-0.2, 0) is 0 Å². The lowest BCUT2D eigenvalue weighted by atomic mass is 9.50. The zero-order valence-corrected chi connectivity index (χ0v) is 47.7. The molecule has 0 radical (unpaired) electrons. The van der Waals surface area contributed by atoms with Crippen LogP contribution in [0.25, 0.3) is 66.2 Å².